The van der Waals surface area contributed by atoms with Gasteiger partial charge in [-0.25, -0.2) is 9.97 Å². The molecule has 0 saturated carbocycles. The molecule has 21 heavy (non-hydrogen) atoms. The quantitative estimate of drug-likeness (QED) is 0.669. The van der Waals surface area contributed by atoms with Gasteiger partial charge < -0.3 is 10.1 Å². The molecule has 0 radical (unpaired) electrons. The van der Waals surface area contributed by atoms with Crippen LogP contribution in [0.4, 0.5) is 5.82 Å². The summed E-state index contributed by atoms with van der Waals surface area (Å²) in [5, 5.41) is 3.35. The van der Waals surface area contributed by atoms with E-state index >= 15 is 0 Å². The lowest BCUT2D eigenvalue weighted by atomic mass is 9.91. The van der Waals surface area contributed by atoms with Crippen LogP contribution in [-0.2, 0) is 10.2 Å². The van der Waals surface area contributed by atoms with E-state index in [4.69, 9.17) is 14.7 Å². The Balaban J connectivity index is 3.34. The summed E-state index contributed by atoms with van der Waals surface area (Å²) in [5.74, 6) is 1.73. The first-order chi connectivity index (χ1) is 9.85. The molecule has 1 aromatic heterocycles. The SMILES string of the molecule is CCCC(OCC)c1nc(NCC)c(I)c(C(C)(C)C)n1. The lowest BCUT2D eigenvalue weighted by Gasteiger charge is -2.24. The average molecular weight is 405 g/mol. The highest BCUT2D eigenvalue weighted by atomic mass is 127. The molecule has 0 amide bonds. The van der Waals surface area contributed by atoms with Crippen molar-refractivity contribution in [3.63, 3.8) is 0 Å². The second-order valence-electron chi connectivity index (χ2n) is 6.11. The molecule has 0 saturated heterocycles. The van der Waals surface area contributed by atoms with Crippen LogP contribution in [0, 0.1) is 3.57 Å². The Kier molecular flexibility index (Phi) is 7.33. The molecule has 5 heteroatoms. The van der Waals surface area contributed by atoms with Crippen LogP contribution in [0.5, 0.6) is 0 Å². The van der Waals surface area contributed by atoms with Gasteiger partial charge in [-0.2, -0.15) is 0 Å². The number of nitrogens with one attached hydrogen (secondary N) is 1. The Morgan fingerprint density at radius 3 is 2.33 bits per heavy atom. The molecule has 0 spiro atoms. The third-order valence-corrected chi connectivity index (χ3v) is 4.15. The van der Waals surface area contributed by atoms with Gasteiger partial charge in [-0.3, -0.25) is 0 Å². The topological polar surface area (TPSA) is 47.0 Å². The van der Waals surface area contributed by atoms with E-state index in [0.29, 0.717) is 6.61 Å². The van der Waals surface area contributed by atoms with Gasteiger partial charge in [0.1, 0.15) is 11.9 Å². The van der Waals surface area contributed by atoms with Gasteiger partial charge in [0.15, 0.2) is 5.82 Å². The summed E-state index contributed by atoms with van der Waals surface area (Å²) in [6.07, 6.45) is 1.99. The zero-order chi connectivity index (χ0) is 16.0. The number of rotatable bonds is 7. The smallest absolute Gasteiger partial charge is 0.159 e. The molecule has 0 bridgehead atoms. The van der Waals surface area contributed by atoms with Crippen molar-refractivity contribution in [2.75, 3.05) is 18.5 Å². The monoisotopic (exact) mass is 405 g/mol. The Morgan fingerprint density at radius 2 is 1.86 bits per heavy atom. The van der Waals surface area contributed by atoms with Crippen LogP contribution in [0.25, 0.3) is 0 Å². The summed E-state index contributed by atoms with van der Waals surface area (Å²) in [6.45, 7) is 14.4. The van der Waals surface area contributed by atoms with Crippen LogP contribution in [0.2, 0.25) is 0 Å². The Morgan fingerprint density at radius 1 is 1.19 bits per heavy atom. The van der Waals surface area contributed by atoms with Crippen molar-refractivity contribution in [2.45, 2.75) is 65.9 Å². The van der Waals surface area contributed by atoms with E-state index in [1.165, 1.54) is 0 Å². The van der Waals surface area contributed by atoms with Crippen molar-refractivity contribution in [3.05, 3.63) is 15.1 Å². The molecule has 1 N–H and O–H groups in total. The number of hydrogen-bond acceptors (Lipinski definition) is 4. The molecule has 1 unspecified atom stereocenters. The van der Waals surface area contributed by atoms with Gasteiger partial charge in [0.25, 0.3) is 0 Å². The number of hydrogen-bond donors (Lipinski definition) is 1. The fourth-order valence-electron chi connectivity index (χ4n) is 2.14. The van der Waals surface area contributed by atoms with Crippen molar-refractivity contribution >= 4 is 28.4 Å². The van der Waals surface area contributed by atoms with Gasteiger partial charge in [0.2, 0.25) is 0 Å². The third kappa shape index (κ3) is 5.06. The zero-order valence-corrected chi connectivity index (χ0v) is 16.2. The third-order valence-electron chi connectivity index (χ3n) is 3.13. The van der Waals surface area contributed by atoms with Gasteiger partial charge in [0.05, 0.1) is 9.26 Å². The minimum Gasteiger partial charge on any atom is -0.371 e. The van der Waals surface area contributed by atoms with E-state index in [9.17, 15) is 0 Å². The highest BCUT2D eigenvalue weighted by molar-refractivity contribution is 14.1. The molecule has 0 aromatic carbocycles. The fraction of sp³-hybridized carbons (Fsp3) is 0.750. The van der Waals surface area contributed by atoms with Crippen LogP contribution >= 0.6 is 22.6 Å². The van der Waals surface area contributed by atoms with E-state index in [2.05, 4.69) is 62.5 Å². The molecule has 0 aliphatic heterocycles. The van der Waals surface area contributed by atoms with Crippen LogP contribution in [0.3, 0.4) is 0 Å². The van der Waals surface area contributed by atoms with Crippen molar-refractivity contribution in [2.24, 2.45) is 0 Å². The molecule has 0 fully saturated rings. The summed E-state index contributed by atoms with van der Waals surface area (Å²) in [7, 11) is 0. The molecule has 1 aromatic rings. The summed E-state index contributed by atoms with van der Waals surface area (Å²) in [4.78, 5) is 9.56. The predicted octanol–water partition coefficient (Wildman–Crippen LogP) is 4.69. The second-order valence-corrected chi connectivity index (χ2v) is 7.18. The average Bonchev–Trinajstić information content (AvgIpc) is 2.40. The summed E-state index contributed by atoms with van der Waals surface area (Å²) in [6, 6.07) is 0. The minimum absolute atomic E-state index is 0.0125. The summed E-state index contributed by atoms with van der Waals surface area (Å²) in [5.41, 5.74) is 1.08. The number of halogens is 1. The molecule has 0 aliphatic rings. The standard InChI is InChI=1S/C16H28IN3O/c1-7-10-11(21-9-3)14-19-13(16(4,5)6)12(17)15(20-14)18-8-2/h11H,7-10H2,1-6H3,(H,18,19,20). The Labute approximate surface area is 142 Å². The highest BCUT2D eigenvalue weighted by Crippen LogP contribution is 2.31. The molecule has 1 atom stereocenters. The molecule has 4 nitrogen and oxygen atoms in total. The van der Waals surface area contributed by atoms with Gasteiger partial charge in [-0.15, -0.1) is 0 Å². The van der Waals surface area contributed by atoms with E-state index in [-0.39, 0.29) is 11.5 Å². The second kappa shape index (κ2) is 8.27. The van der Waals surface area contributed by atoms with Gasteiger partial charge in [-0.1, -0.05) is 34.1 Å². The van der Waals surface area contributed by atoms with Gasteiger partial charge in [0, 0.05) is 18.6 Å². The normalized spacial score (nSPS) is 13.3. The maximum atomic E-state index is 5.85. The van der Waals surface area contributed by atoms with Gasteiger partial charge >= 0.3 is 0 Å². The van der Waals surface area contributed by atoms with E-state index in [1.54, 1.807) is 0 Å². The number of ether oxygens (including phenoxy) is 1. The Hall–Kier alpha value is -0.430. The first kappa shape index (κ1) is 18.6. The maximum absolute atomic E-state index is 5.85. The first-order valence-corrected chi connectivity index (χ1v) is 8.86. The largest absolute Gasteiger partial charge is 0.371 e. The molecule has 120 valence electrons. The van der Waals surface area contributed by atoms with Crippen LogP contribution in [0.1, 0.15) is 72.0 Å². The molecule has 0 aliphatic carbocycles. The van der Waals surface area contributed by atoms with E-state index in [0.717, 1.165) is 40.3 Å². The minimum atomic E-state index is -0.0180. The van der Waals surface area contributed by atoms with Crippen molar-refractivity contribution in [1.82, 2.24) is 9.97 Å². The molecular weight excluding hydrogens is 377 g/mol. The van der Waals surface area contributed by atoms with Crippen molar-refractivity contribution < 1.29 is 4.74 Å². The van der Waals surface area contributed by atoms with E-state index < -0.39 is 0 Å². The molecule has 1 rings (SSSR count). The van der Waals surface area contributed by atoms with Gasteiger partial charge in [-0.05, 0) is 42.9 Å². The zero-order valence-electron chi connectivity index (χ0n) is 14.1. The van der Waals surface area contributed by atoms with Crippen LogP contribution in [0.15, 0.2) is 0 Å². The summed E-state index contributed by atoms with van der Waals surface area (Å²) >= 11 is 2.34. The summed E-state index contributed by atoms with van der Waals surface area (Å²) < 4.78 is 6.96. The lowest BCUT2D eigenvalue weighted by molar-refractivity contribution is 0.0491. The Bertz CT molecular complexity index is 452. The number of anilines is 1. The van der Waals surface area contributed by atoms with Crippen LogP contribution < -0.4 is 5.32 Å². The van der Waals surface area contributed by atoms with Crippen molar-refractivity contribution in [3.8, 4) is 0 Å². The fourth-order valence-corrected chi connectivity index (χ4v) is 3.38. The van der Waals surface area contributed by atoms with Crippen molar-refractivity contribution in [1.29, 1.82) is 0 Å². The van der Waals surface area contributed by atoms with E-state index in [1.807, 2.05) is 6.92 Å². The number of nitrogens with zero attached hydrogens (tertiary/aromatic N) is 2. The maximum Gasteiger partial charge on any atom is 0.159 e. The van der Waals surface area contributed by atoms with Crippen LogP contribution in [-0.4, -0.2) is 23.1 Å². The highest BCUT2D eigenvalue weighted by Gasteiger charge is 2.25. The first-order valence-electron chi connectivity index (χ1n) is 7.78. The lowest BCUT2D eigenvalue weighted by Crippen LogP contribution is -2.21. The number of aromatic nitrogens is 2. The predicted molar refractivity (Wildman–Crippen MR) is 96.9 cm³/mol. The molecular formula is C16H28IN3O. The molecule has 1 heterocycles.